The van der Waals surface area contributed by atoms with Crippen LogP contribution in [-0.2, 0) is 0 Å². The van der Waals surface area contributed by atoms with E-state index in [4.69, 9.17) is 10.00 Å². The molecule has 1 aromatic carbocycles. The summed E-state index contributed by atoms with van der Waals surface area (Å²) in [5.41, 5.74) is 0.605. The van der Waals surface area contributed by atoms with E-state index in [0.717, 1.165) is 5.92 Å². The molecule has 1 fully saturated rings. The van der Waals surface area contributed by atoms with Crippen LogP contribution in [0, 0.1) is 17.2 Å². The summed E-state index contributed by atoms with van der Waals surface area (Å²) in [6.07, 6.45) is 2.75. The molecule has 0 radical (unpaired) electrons. The summed E-state index contributed by atoms with van der Waals surface area (Å²) < 4.78 is 5.16. The van der Waals surface area contributed by atoms with Gasteiger partial charge in [0.25, 0.3) is 0 Å². The molecule has 78 valence electrons. The smallest absolute Gasteiger partial charge is 0.137 e. The minimum absolute atomic E-state index is 0.605. The zero-order valence-corrected chi connectivity index (χ0v) is 9.51. The van der Waals surface area contributed by atoms with Gasteiger partial charge in [0.1, 0.15) is 11.8 Å². The normalized spacial score (nSPS) is 14.7. The van der Waals surface area contributed by atoms with E-state index >= 15 is 0 Å². The molecule has 0 spiro atoms. The molecule has 2 rings (SSSR count). The lowest BCUT2D eigenvalue weighted by atomic mass is 10.2. The first-order valence-corrected chi connectivity index (χ1v) is 6.03. The highest BCUT2D eigenvalue weighted by molar-refractivity contribution is 7.99. The SMILES string of the molecule is COc1cc(SCC2CC2)ccc1C#N. The highest BCUT2D eigenvalue weighted by Crippen LogP contribution is 2.36. The second kappa shape index (κ2) is 4.59. The maximum atomic E-state index is 8.83. The van der Waals surface area contributed by atoms with Gasteiger partial charge in [-0.1, -0.05) is 0 Å². The molecule has 1 aromatic rings. The summed E-state index contributed by atoms with van der Waals surface area (Å²) in [6.45, 7) is 0. The second-order valence-electron chi connectivity index (χ2n) is 3.73. The lowest BCUT2D eigenvalue weighted by Crippen LogP contribution is -1.89. The molecule has 0 N–H and O–H groups in total. The van der Waals surface area contributed by atoms with Crippen molar-refractivity contribution in [2.45, 2.75) is 17.7 Å². The third-order valence-corrected chi connectivity index (χ3v) is 3.70. The number of methoxy groups -OCH3 is 1. The summed E-state index contributed by atoms with van der Waals surface area (Å²) in [5.74, 6) is 2.78. The number of hydrogen-bond donors (Lipinski definition) is 0. The fourth-order valence-corrected chi connectivity index (χ4v) is 2.47. The molecular weight excluding hydrogens is 206 g/mol. The van der Waals surface area contributed by atoms with Crippen molar-refractivity contribution in [3.63, 3.8) is 0 Å². The Morgan fingerprint density at radius 3 is 2.93 bits per heavy atom. The van der Waals surface area contributed by atoms with E-state index in [2.05, 4.69) is 6.07 Å². The van der Waals surface area contributed by atoms with Crippen molar-refractivity contribution in [1.29, 1.82) is 5.26 Å². The first-order valence-electron chi connectivity index (χ1n) is 5.04. The Balaban J connectivity index is 2.07. The molecule has 1 saturated carbocycles. The van der Waals surface area contributed by atoms with Crippen molar-refractivity contribution in [3.05, 3.63) is 23.8 Å². The number of ether oxygens (including phenoxy) is 1. The van der Waals surface area contributed by atoms with Crippen LogP contribution < -0.4 is 4.74 Å². The average Bonchev–Trinajstić information content (AvgIpc) is 3.09. The van der Waals surface area contributed by atoms with Crippen molar-refractivity contribution in [1.82, 2.24) is 0 Å². The molecule has 1 aliphatic carbocycles. The van der Waals surface area contributed by atoms with Gasteiger partial charge in [-0.3, -0.25) is 0 Å². The first-order chi connectivity index (χ1) is 7.33. The summed E-state index contributed by atoms with van der Waals surface area (Å²) in [7, 11) is 1.60. The van der Waals surface area contributed by atoms with Crippen molar-refractivity contribution >= 4 is 11.8 Å². The van der Waals surface area contributed by atoms with Crippen LogP contribution in [0.5, 0.6) is 5.75 Å². The van der Waals surface area contributed by atoms with Crippen LogP contribution in [0.1, 0.15) is 18.4 Å². The molecule has 3 heteroatoms. The maximum absolute atomic E-state index is 8.83. The Morgan fingerprint density at radius 2 is 2.33 bits per heavy atom. The molecule has 0 atom stereocenters. The quantitative estimate of drug-likeness (QED) is 0.730. The van der Waals surface area contributed by atoms with E-state index in [1.54, 1.807) is 7.11 Å². The predicted octanol–water partition coefficient (Wildman–Crippen LogP) is 3.07. The average molecular weight is 219 g/mol. The lowest BCUT2D eigenvalue weighted by molar-refractivity contribution is 0.412. The topological polar surface area (TPSA) is 33.0 Å². The van der Waals surface area contributed by atoms with Crippen LogP contribution in [0.4, 0.5) is 0 Å². The van der Waals surface area contributed by atoms with Gasteiger partial charge in [0, 0.05) is 10.6 Å². The van der Waals surface area contributed by atoms with E-state index in [9.17, 15) is 0 Å². The Morgan fingerprint density at radius 1 is 1.53 bits per heavy atom. The first kappa shape index (κ1) is 10.4. The van der Waals surface area contributed by atoms with Crippen molar-refractivity contribution in [2.24, 2.45) is 5.92 Å². The summed E-state index contributed by atoms with van der Waals surface area (Å²) in [5, 5.41) is 8.83. The fraction of sp³-hybridized carbons (Fsp3) is 0.417. The number of nitrogens with zero attached hydrogens (tertiary/aromatic N) is 1. The van der Waals surface area contributed by atoms with Gasteiger partial charge in [0.2, 0.25) is 0 Å². The standard InChI is InChI=1S/C12H13NOS/c1-14-12-6-11(5-4-10(12)7-13)15-8-9-2-3-9/h4-6,9H,2-3,8H2,1H3. The van der Waals surface area contributed by atoms with E-state index in [0.29, 0.717) is 11.3 Å². The number of hydrogen-bond acceptors (Lipinski definition) is 3. The zero-order chi connectivity index (χ0) is 10.7. The van der Waals surface area contributed by atoms with Crippen molar-refractivity contribution in [2.75, 3.05) is 12.9 Å². The monoisotopic (exact) mass is 219 g/mol. The molecule has 1 aliphatic rings. The fourth-order valence-electron chi connectivity index (χ4n) is 1.35. The van der Waals surface area contributed by atoms with Gasteiger partial charge in [-0.25, -0.2) is 0 Å². The molecule has 0 heterocycles. The highest BCUT2D eigenvalue weighted by Gasteiger charge is 2.21. The Labute approximate surface area is 94.2 Å². The van der Waals surface area contributed by atoms with Crippen LogP contribution in [-0.4, -0.2) is 12.9 Å². The Hall–Kier alpha value is -1.14. The summed E-state index contributed by atoms with van der Waals surface area (Å²) in [6, 6.07) is 7.89. The van der Waals surface area contributed by atoms with Crippen molar-refractivity contribution < 1.29 is 4.74 Å². The molecule has 0 unspecified atom stereocenters. The van der Waals surface area contributed by atoms with Crippen LogP contribution in [0.25, 0.3) is 0 Å². The van der Waals surface area contributed by atoms with Gasteiger partial charge < -0.3 is 4.74 Å². The Bertz CT molecular complexity index is 393. The van der Waals surface area contributed by atoms with E-state index in [1.807, 2.05) is 30.0 Å². The summed E-state index contributed by atoms with van der Waals surface area (Å²) >= 11 is 1.85. The minimum Gasteiger partial charge on any atom is -0.495 e. The molecule has 0 bridgehead atoms. The van der Waals surface area contributed by atoms with Gasteiger partial charge >= 0.3 is 0 Å². The predicted molar refractivity (Wildman–Crippen MR) is 61.2 cm³/mol. The Kier molecular flexibility index (Phi) is 3.17. The molecule has 0 saturated heterocycles. The molecule has 0 aliphatic heterocycles. The van der Waals surface area contributed by atoms with E-state index in [1.165, 1.54) is 23.5 Å². The number of thioether (sulfide) groups is 1. The third-order valence-electron chi connectivity index (χ3n) is 2.48. The van der Waals surface area contributed by atoms with Gasteiger partial charge in [0.05, 0.1) is 12.7 Å². The molecule has 0 aromatic heterocycles. The van der Waals surface area contributed by atoms with Crippen molar-refractivity contribution in [3.8, 4) is 11.8 Å². The number of benzene rings is 1. The largest absolute Gasteiger partial charge is 0.495 e. The van der Waals surface area contributed by atoms with Crippen LogP contribution in [0.2, 0.25) is 0 Å². The molecule has 0 amide bonds. The molecular formula is C12H13NOS. The van der Waals surface area contributed by atoms with Gasteiger partial charge in [-0.2, -0.15) is 5.26 Å². The second-order valence-corrected chi connectivity index (χ2v) is 4.82. The zero-order valence-electron chi connectivity index (χ0n) is 8.69. The lowest BCUT2D eigenvalue weighted by Gasteiger charge is -2.05. The van der Waals surface area contributed by atoms with Gasteiger partial charge in [0.15, 0.2) is 0 Å². The van der Waals surface area contributed by atoms with E-state index < -0.39 is 0 Å². The number of nitriles is 1. The minimum atomic E-state index is 0.605. The van der Waals surface area contributed by atoms with Gasteiger partial charge in [-0.15, -0.1) is 11.8 Å². The van der Waals surface area contributed by atoms with Crippen LogP contribution in [0.15, 0.2) is 23.1 Å². The summed E-state index contributed by atoms with van der Waals surface area (Å²) in [4.78, 5) is 1.19. The van der Waals surface area contributed by atoms with Gasteiger partial charge in [-0.05, 0) is 37.0 Å². The van der Waals surface area contributed by atoms with E-state index in [-0.39, 0.29) is 0 Å². The number of rotatable bonds is 4. The highest BCUT2D eigenvalue weighted by atomic mass is 32.2. The molecule has 15 heavy (non-hydrogen) atoms. The van der Waals surface area contributed by atoms with Crippen LogP contribution in [0.3, 0.4) is 0 Å². The maximum Gasteiger partial charge on any atom is 0.137 e. The third kappa shape index (κ3) is 2.66. The van der Waals surface area contributed by atoms with Crippen LogP contribution >= 0.6 is 11.8 Å². The molecule has 2 nitrogen and oxygen atoms in total.